The molecule has 2 heteroatoms. The van der Waals surface area contributed by atoms with Crippen LogP contribution in [0.2, 0.25) is 0 Å². The first-order valence-corrected chi connectivity index (χ1v) is 7.20. The number of piperidine rings is 1. The number of nitrogens with zero attached hydrogens (tertiary/aromatic N) is 2. The second-order valence-electron chi connectivity index (χ2n) is 4.52. The molecule has 98 valence electrons. The van der Waals surface area contributed by atoms with Gasteiger partial charge >= 0.3 is 0 Å². The molecule has 2 nitrogen and oxygen atoms in total. The molecular formula is C14H32N2. The summed E-state index contributed by atoms with van der Waals surface area (Å²) in [5, 5.41) is 0. The average molecular weight is 228 g/mol. The molecule has 0 radical (unpaired) electrons. The first kappa shape index (κ1) is 15.9. The topological polar surface area (TPSA) is 6.48 Å². The van der Waals surface area contributed by atoms with Gasteiger partial charge < -0.3 is 9.80 Å². The van der Waals surface area contributed by atoms with Gasteiger partial charge in [-0.05, 0) is 52.5 Å². The molecule has 0 N–H and O–H groups in total. The van der Waals surface area contributed by atoms with Crippen LogP contribution in [0.15, 0.2) is 0 Å². The van der Waals surface area contributed by atoms with Gasteiger partial charge in [-0.3, -0.25) is 0 Å². The number of hydrogen-bond donors (Lipinski definition) is 0. The van der Waals surface area contributed by atoms with Crippen LogP contribution in [0.3, 0.4) is 0 Å². The standard InChI is InChI=1S/C12H26N2.C2H6/c1-4-6-9-14(5-2)12-7-10-13(3)11-8-12;1-2/h12H,4-11H2,1-3H3;1-2H3. The molecule has 0 aromatic rings. The Hall–Kier alpha value is -0.0800. The molecule has 1 aliphatic rings. The lowest BCUT2D eigenvalue weighted by Crippen LogP contribution is -2.43. The van der Waals surface area contributed by atoms with Gasteiger partial charge in [-0.1, -0.05) is 34.1 Å². The van der Waals surface area contributed by atoms with Crippen LogP contribution in [0.5, 0.6) is 0 Å². The van der Waals surface area contributed by atoms with Crippen LogP contribution >= 0.6 is 0 Å². The second kappa shape index (κ2) is 10.1. The maximum atomic E-state index is 2.68. The zero-order valence-corrected chi connectivity index (χ0v) is 12.1. The highest BCUT2D eigenvalue weighted by Gasteiger charge is 2.21. The molecule has 0 atom stereocenters. The molecule has 1 rings (SSSR count). The van der Waals surface area contributed by atoms with Crippen LogP contribution in [-0.4, -0.2) is 49.1 Å². The summed E-state index contributed by atoms with van der Waals surface area (Å²) in [6.07, 6.45) is 5.42. The Morgan fingerprint density at radius 3 is 2.12 bits per heavy atom. The van der Waals surface area contributed by atoms with E-state index in [-0.39, 0.29) is 0 Å². The molecule has 0 spiro atoms. The van der Waals surface area contributed by atoms with Crippen LogP contribution < -0.4 is 0 Å². The summed E-state index contributed by atoms with van der Waals surface area (Å²) >= 11 is 0. The quantitative estimate of drug-likeness (QED) is 0.713. The highest BCUT2D eigenvalue weighted by Crippen LogP contribution is 2.15. The van der Waals surface area contributed by atoms with Gasteiger partial charge in [0.25, 0.3) is 0 Å². The van der Waals surface area contributed by atoms with Crippen molar-refractivity contribution >= 4 is 0 Å². The van der Waals surface area contributed by atoms with Crippen LogP contribution in [0.25, 0.3) is 0 Å². The van der Waals surface area contributed by atoms with Gasteiger partial charge in [-0.15, -0.1) is 0 Å². The fourth-order valence-corrected chi connectivity index (χ4v) is 2.32. The zero-order valence-electron chi connectivity index (χ0n) is 12.1. The third-order valence-electron chi connectivity index (χ3n) is 3.41. The highest BCUT2D eigenvalue weighted by atomic mass is 15.2. The van der Waals surface area contributed by atoms with Crippen molar-refractivity contribution in [2.45, 2.75) is 59.4 Å². The Bertz CT molecular complexity index is 137. The maximum absolute atomic E-state index is 2.68. The molecule has 1 saturated heterocycles. The third kappa shape index (κ3) is 5.86. The highest BCUT2D eigenvalue weighted by molar-refractivity contribution is 4.77. The van der Waals surface area contributed by atoms with E-state index < -0.39 is 0 Å². The van der Waals surface area contributed by atoms with E-state index in [1.807, 2.05) is 13.8 Å². The van der Waals surface area contributed by atoms with Crippen LogP contribution in [0.4, 0.5) is 0 Å². The van der Waals surface area contributed by atoms with E-state index in [2.05, 4.69) is 30.7 Å². The van der Waals surface area contributed by atoms with Crippen LogP contribution in [0.1, 0.15) is 53.4 Å². The SMILES string of the molecule is CC.CCCCN(CC)C1CCN(C)CC1. The smallest absolute Gasteiger partial charge is 0.0119 e. The minimum absolute atomic E-state index is 0.864. The van der Waals surface area contributed by atoms with Gasteiger partial charge in [0.15, 0.2) is 0 Å². The predicted octanol–water partition coefficient (Wildman–Crippen LogP) is 3.23. The minimum Gasteiger partial charge on any atom is -0.306 e. The first-order chi connectivity index (χ1) is 7.77. The summed E-state index contributed by atoms with van der Waals surface area (Å²) in [5.41, 5.74) is 0. The van der Waals surface area contributed by atoms with Crippen molar-refractivity contribution in [1.82, 2.24) is 9.80 Å². The molecular weight excluding hydrogens is 196 g/mol. The summed E-state index contributed by atoms with van der Waals surface area (Å²) in [6.45, 7) is 13.7. The van der Waals surface area contributed by atoms with Crippen LogP contribution in [-0.2, 0) is 0 Å². The molecule has 1 fully saturated rings. The van der Waals surface area contributed by atoms with Gasteiger partial charge in [-0.2, -0.15) is 0 Å². The van der Waals surface area contributed by atoms with Crippen molar-refractivity contribution in [3.8, 4) is 0 Å². The lowest BCUT2D eigenvalue weighted by atomic mass is 10.0. The predicted molar refractivity (Wildman–Crippen MR) is 74.0 cm³/mol. The van der Waals surface area contributed by atoms with E-state index >= 15 is 0 Å². The van der Waals surface area contributed by atoms with E-state index in [1.54, 1.807) is 0 Å². The van der Waals surface area contributed by atoms with E-state index in [9.17, 15) is 0 Å². The lowest BCUT2D eigenvalue weighted by molar-refractivity contribution is 0.124. The summed E-state index contributed by atoms with van der Waals surface area (Å²) in [5.74, 6) is 0. The summed E-state index contributed by atoms with van der Waals surface area (Å²) in [6, 6.07) is 0.864. The van der Waals surface area contributed by atoms with Crippen molar-refractivity contribution in [3.63, 3.8) is 0 Å². The number of hydrogen-bond acceptors (Lipinski definition) is 2. The number of rotatable bonds is 5. The van der Waals surface area contributed by atoms with E-state index in [4.69, 9.17) is 0 Å². The molecule has 0 saturated carbocycles. The summed E-state index contributed by atoms with van der Waals surface area (Å²) < 4.78 is 0. The Morgan fingerprint density at radius 1 is 1.12 bits per heavy atom. The molecule has 0 aromatic carbocycles. The van der Waals surface area contributed by atoms with Gasteiger partial charge in [0, 0.05) is 6.04 Å². The van der Waals surface area contributed by atoms with E-state index in [0.29, 0.717) is 0 Å². The van der Waals surface area contributed by atoms with Gasteiger partial charge in [0.05, 0.1) is 0 Å². The fourth-order valence-electron chi connectivity index (χ4n) is 2.32. The Labute approximate surface area is 103 Å². The molecule has 0 amide bonds. The molecule has 16 heavy (non-hydrogen) atoms. The Morgan fingerprint density at radius 2 is 1.69 bits per heavy atom. The number of unbranched alkanes of at least 4 members (excludes halogenated alkanes) is 1. The largest absolute Gasteiger partial charge is 0.306 e. The molecule has 0 aromatic heterocycles. The third-order valence-corrected chi connectivity index (χ3v) is 3.41. The summed E-state index contributed by atoms with van der Waals surface area (Å²) in [4.78, 5) is 5.13. The Kier molecular flexibility index (Phi) is 10.0. The van der Waals surface area contributed by atoms with Crippen molar-refractivity contribution in [2.75, 3.05) is 33.2 Å². The minimum atomic E-state index is 0.864. The first-order valence-electron chi connectivity index (χ1n) is 7.20. The lowest BCUT2D eigenvalue weighted by Gasteiger charge is -2.36. The van der Waals surface area contributed by atoms with Gasteiger partial charge in [0.1, 0.15) is 0 Å². The molecule has 0 bridgehead atoms. The maximum Gasteiger partial charge on any atom is 0.0119 e. The molecule has 0 aliphatic carbocycles. The van der Waals surface area contributed by atoms with Gasteiger partial charge in [0.2, 0.25) is 0 Å². The number of likely N-dealkylation sites (tertiary alicyclic amines) is 1. The monoisotopic (exact) mass is 228 g/mol. The van der Waals surface area contributed by atoms with E-state index in [0.717, 1.165) is 6.04 Å². The summed E-state index contributed by atoms with van der Waals surface area (Å²) in [7, 11) is 2.23. The average Bonchev–Trinajstić information content (AvgIpc) is 2.35. The molecule has 1 heterocycles. The van der Waals surface area contributed by atoms with Crippen molar-refractivity contribution in [3.05, 3.63) is 0 Å². The molecule has 1 aliphatic heterocycles. The second-order valence-corrected chi connectivity index (χ2v) is 4.52. The van der Waals surface area contributed by atoms with Crippen molar-refractivity contribution in [2.24, 2.45) is 0 Å². The fraction of sp³-hybridized carbons (Fsp3) is 1.00. The zero-order chi connectivity index (χ0) is 12.4. The van der Waals surface area contributed by atoms with Gasteiger partial charge in [-0.25, -0.2) is 0 Å². The Balaban J connectivity index is 0.00000106. The molecule has 0 unspecified atom stereocenters. The normalized spacial score (nSPS) is 18.4. The van der Waals surface area contributed by atoms with Crippen molar-refractivity contribution < 1.29 is 0 Å². The van der Waals surface area contributed by atoms with E-state index in [1.165, 1.54) is 51.9 Å². The van der Waals surface area contributed by atoms with Crippen molar-refractivity contribution in [1.29, 1.82) is 0 Å². The van der Waals surface area contributed by atoms with Crippen LogP contribution in [0, 0.1) is 0 Å².